The van der Waals surface area contributed by atoms with Crippen molar-refractivity contribution in [2.75, 3.05) is 5.32 Å². The van der Waals surface area contributed by atoms with Crippen molar-refractivity contribution in [3.63, 3.8) is 0 Å². The molecule has 0 spiro atoms. The smallest absolute Gasteiger partial charge is 0.265 e. The summed E-state index contributed by atoms with van der Waals surface area (Å²) in [5.74, 6) is 0. The Morgan fingerprint density at radius 1 is 1.24 bits per heavy atom. The van der Waals surface area contributed by atoms with E-state index in [2.05, 4.69) is 21.4 Å². The number of anilines is 1. The number of fused-ring (bicyclic) bond motifs is 3. The summed E-state index contributed by atoms with van der Waals surface area (Å²) >= 11 is 0. The van der Waals surface area contributed by atoms with E-state index in [9.17, 15) is 10.1 Å². The van der Waals surface area contributed by atoms with Crippen LogP contribution >= 0.6 is 0 Å². The molecule has 0 aliphatic carbocycles. The van der Waals surface area contributed by atoms with E-state index in [0.29, 0.717) is 33.0 Å². The lowest BCUT2D eigenvalue weighted by molar-refractivity contribution is 1.10. The van der Waals surface area contributed by atoms with Crippen molar-refractivity contribution in [3.05, 3.63) is 75.5 Å². The van der Waals surface area contributed by atoms with E-state index in [0.717, 1.165) is 5.69 Å². The van der Waals surface area contributed by atoms with Crippen LogP contribution in [0.2, 0.25) is 0 Å². The van der Waals surface area contributed by atoms with Crippen LogP contribution in [0.4, 0.5) is 5.69 Å². The van der Waals surface area contributed by atoms with Crippen LogP contribution < -0.4 is 16.1 Å². The van der Waals surface area contributed by atoms with Crippen LogP contribution in [0.5, 0.6) is 0 Å². The first-order valence-electron chi connectivity index (χ1n) is 7.71. The van der Waals surface area contributed by atoms with Crippen molar-refractivity contribution in [2.45, 2.75) is 6.92 Å². The maximum atomic E-state index is 13.0. The first kappa shape index (κ1) is 14.8. The van der Waals surface area contributed by atoms with E-state index in [1.165, 1.54) is 4.40 Å². The Labute approximate surface area is 142 Å². The minimum atomic E-state index is -0.211. The van der Waals surface area contributed by atoms with Gasteiger partial charge in [0.15, 0.2) is 5.65 Å². The van der Waals surface area contributed by atoms with Crippen molar-refractivity contribution < 1.29 is 0 Å². The summed E-state index contributed by atoms with van der Waals surface area (Å²) in [6.45, 7) is 1.76. The van der Waals surface area contributed by atoms with Crippen molar-refractivity contribution in [1.82, 2.24) is 14.4 Å². The van der Waals surface area contributed by atoms with Crippen LogP contribution in [0.15, 0.2) is 53.6 Å². The molecule has 3 heterocycles. The summed E-state index contributed by atoms with van der Waals surface area (Å²) in [4.78, 5) is 21.5. The molecule has 25 heavy (non-hydrogen) atoms. The second-order valence-corrected chi connectivity index (χ2v) is 5.62. The molecule has 0 aliphatic rings. The van der Waals surface area contributed by atoms with Gasteiger partial charge in [0.2, 0.25) is 0 Å². The maximum absolute atomic E-state index is 13.0. The normalized spacial score (nSPS) is 11.8. The Balaban J connectivity index is 2.07. The van der Waals surface area contributed by atoms with Gasteiger partial charge in [-0.2, -0.15) is 5.26 Å². The third-order valence-electron chi connectivity index (χ3n) is 4.15. The van der Waals surface area contributed by atoms with Crippen LogP contribution in [0.3, 0.4) is 0 Å². The minimum absolute atomic E-state index is 0.211. The number of aromatic nitrogens is 3. The molecule has 6 nitrogen and oxygen atoms in total. The van der Waals surface area contributed by atoms with Crippen LogP contribution in [-0.2, 0) is 0 Å². The average molecular weight is 327 g/mol. The number of para-hydroxylation sites is 2. The van der Waals surface area contributed by atoms with Crippen LogP contribution in [0.1, 0.15) is 11.1 Å². The van der Waals surface area contributed by atoms with Crippen LogP contribution in [0, 0.1) is 18.3 Å². The molecule has 1 aromatic carbocycles. The SMILES string of the molecule is Cc1c(C#N)c2nc3ccccc3n2c(=O)/c1=C/Nc1cccnc1. The first-order chi connectivity index (χ1) is 12.2. The lowest BCUT2D eigenvalue weighted by atomic mass is 10.1. The van der Waals surface area contributed by atoms with E-state index in [1.54, 1.807) is 31.6 Å². The Kier molecular flexibility index (Phi) is 3.40. The third-order valence-corrected chi connectivity index (χ3v) is 4.15. The molecule has 0 saturated carbocycles. The molecule has 1 N–H and O–H groups in total. The van der Waals surface area contributed by atoms with E-state index in [4.69, 9.17) is 0 Å². The van der Waals surface area contributed by atoms with Gasteiger partial charge in [-0.25, -0.2) is 4.98 Å². The zero-order valence-electron chi connectivity index (χ0n) is 13.4. The number of hydrogen-bond donors (Lipinski definition) is 1. The van der Waals surface area contributed by atoms with Crippen LogP contribution in [0.25, 0.3) is 22.9 Å². The van der Waals surface area contributed by atoms with Gasteiger partial charge in [0.25, 0.3) is 5.56 Å². The van der Waals surface area contributed by atoms with E-state index in [-0.39, 0.29) is 5.56 Å². The van der Waals surface area contributed by atoms with Gasteiger partial charge < -0.3 is 5.32 Å². The summed E-state index contributed by atoms with van der Waals surface area (Å²) in [6.07, 6.45) is 4.95. The van der Waals surface area contributed by atoms with Crippen molar-refractivity contribution in [1.29, 1.82) is 5.26 Å². The fraction of sp³-hybridized carbons (Fsp3) is 0.0526. The van der Waals surface area contributed by atoms with Gasteiger partial charge in [0, 0.05) is 12.4 Å². The van der Waals surface area contributed by atoms with Crippen molar-refractivity contribution in [2.24, 2.45) is 0 Å². The highest BCUT2D eigenvalue weighted by Crippen LogP contribution is 2.17. The number of hydrogen-bond acceptors (Lipinski definition) is 5. The van der Waals surface area contributed by atoms with Crippen molar-refractivity contribution >= 4 is 28.6 Å². The lowest BCUT2D eigenvalue weighted by Gasteiger charge is -2.04. The number of nitrogens with zero attached hydrogens (tertiary/aromatic N) is 4. The second kappa shape index (κ2) is 5.73. The highest BCUT2D eigenvalue weighted by Gasteiger charge is 2.15. The molecule has 4 rings (SSSR count). The fourth-order valence-electron chi connectivity index (χ4n) is 2.89. The molecule has 6 heteroatoms. The molecule has 0 fully saturated rings. The molecule has 0 amide bonds. The monoisotopic (exact) mass is 327 g/mol. The van der Waals surface area contributed by atoms with Crippen molar-refractivity contribution in [3.8, 4) is 6.07 Å². The molecule has 3 aromatic heterocycles. The predicted octanol–water partition coefficient (Wildman–Crippen LogP) is 1.99. The van der Waals surface area contributed by atoms with Gasteiger partial charge in [-0.05, 0) is 36.8 Å². The fourth-order valence-corrected chi connectivity index (χ4v) is 2.89. The Morgan fingerprint density at radius 2 is 2.08 bits per heavy atom. The Morgan fingerprint density at radius 3 is 2.84 bits per heavy atom. The second-order valence-electron chi connectivity index (χ2n) is 5.62. The number of nitrogens with one attached hydrogen (secondary N) is 1. The molecule has 0 saturated heterocycles. The molecule has 0 radical (unpaired) electrons. The lowest BCUT2D eigenvalue weighted by Crippen LogP contribution is -2.34. The quantitative estimate of drug-likeness (QED) is 0.609. The van der Waals surface area contributed by atoms with Gasteiger partial charge in [0.05, 0.1) is 33.7 Å². The van der Waals surface area contributed by atoms with Crippen LogP contribution in [-0.4, -0.2) is 14.4 Å². The third kappa shape index (κ3) is 2.30. The molecule has 0 unspecified atom stereocenters. The van der Waals surface area contributed by atoms with Gasteiger partial charge >= 0.3 is 0 Å². The summed E-state index contributed by atoms with van der Waals surface area (Å²) in [7, 11) is 0. The number of pyridine rings is 2. The molecular weight excluding hydrogens is 314 g/mol. The summed E-state index contributed by atoms with van der Waals surface area (Å²) in [5.41, 5.74) is 3.32. The zero-order valence-corrected chi connectivity index (χ0v) is 13.4. The average Bonchev–Trinajstić information content (AvgIpc) is 3.02. The van der Waals surface area contributed by atoms with Gasteiger partial charge in [-0.1, -0.05) is 12.1 Å². The molecule has 120 valence electrons. The topological polar surface area (TPSA) is 83.1 Å². The Bertz CT molecular complexity index is 1250. The molecular formula is C19H13N5O. The number of imidazole rings is 1. The molecule has 0 bridgehead atoms. The number of benzene rings is 1. The van der Waals surface area contributed by atoms with E-state index in [1.807, 2.05) is 30.3 Å². The van der Waals surface area contributed by atoms with E-state index < -0.39 is 0 Å². The highest BCUT2D eigenvalue weighted by atomic mass is 16.1. The standard InChI is InChI=1S/C19H13N5O/c1-12-14(9-20)18-23-16-6-2-3-7-17(16)24(18)19(25)15(12)11-22-13-5-4-8-21-10-13/h2-8,10-11,22H,1H3/b15-11+. The largest absolute Gasteiger partial charge is 0.360 e. The molecule has 0 aliphatic heterocycles. The van der Waals surface area contributed by atoms with E-state index >= 15 is 0 Å². The first-order valence-corrected chi connectivity index (χ1v) is 7.71. The number of nitriles is 1. The number of rotatable bonds is 2. The van der Waals surface area contributed by atoms with Gasteiger partial charge in [-0.15, -0.1) is 0 Å². The summed E-state index contributed by atoms with van der Waals surface area (Å²) < 4.78 is 1.50. The molecule has 0 atom stereocenters. The van der Waals surface area contributed by atoms with Gasteiger partial charge in [-0.3, -0.25) is 14.2 Å². The predicted molar refractivity (Wildman–Crippen MR) is 96.0 cm³/mol. The summed E-state index contributed by atoms with van der Waals surface area (Å²) in [5, 5.41) is 13.1. The Hall–Kier alpha value is -3.72. The summed E-state index contributed by atoms with van der Waals surface area (Å²) in [6, 6.07) is 13.2. The highest BCUT2D eigenvalue weighted by molar-refractivity contribution is 5.82. The maximum Gasteiger partial charge on any atom is 0.265 e. The minimum Gasteiger partial charge on any atom is -0.360 e. The van der Waals surface area contributed by atoms with Gasteiger partial charge in [0.1, 0.15) is 6.07 Å². The zero-order chi connectivity index (χ0) is 17.4. The molecule has 4 aromatic rings.